The number of aromatic nitrogens is 2. The number of rotatable bonds is 4. The number of ether oxygens (including phenoxy) is 1. The summed E-state index contributed by atoms with van der Waals surface area (Å²) in [5.74, 6) is 2.49. The molecular weight excluding hydrogens is 364 g/mol. The monoisotopic (exact) mass is 398 g/mol. The molecule has 29 heavy (non-hydrogen) atoms. The lowest BCUT2D eigenvalue weighted by Gasteiger charge is -2.59. The van der Waals surface area contributed by atoms with Gasteiger partial charge in [0.2, 0.25) is 0 Å². The number of imidazole rings is 1. The van der Waals surface area contributed by atoms with Gasteiger partial charge in [-0.3, -0.25) is 9.59 Å². The van der Waals surface area contributed by atoms with Gasteiger partial charge in [-0.25, -0.2) is 4.98 Å². The lowest BCUT2D eigenvalue weighted by molar-refractivity contribution is -0.162. The second-order valence-electron chi connectivity index (χ2n) is 10.6. The number of fused-ring (bicyclic) bond motifs is 5. The van der Waals surface area contributed by atoms with E-state index in [9.17, 15) is 9.59 Å². The van der Waals surface area contributed by atoms with Gasteiger partial charge in [0.1, 0.15) is 11.6 Å². The predicted octanol–water partition coefficient (Wildman–Crippen LogP) is 4.06. The molecule has 0 amide bonds. The van der Waals surface area contributed by atoms with Crippen LogP contribution in [0, 0.1) is 34.5 Å². The first-order valence-corrected chi connectivity index (χ1v) is 11.6. The van der Waals surface area contributed by atoms with Crippen LogP contribution in [0.1, 0.15) is 65.2 Å². The molecule has 4 fully saturated rings. The van der Waals surface area contributed by atoms with Crippen molar-refractivity contribution >= 4 is 11.6 Å². The Balaban J connectivity index is 1.28. The first-order chi connectivity index (χ1) is 13.9. The maximum atomic E-state index is 13.3. The van der Waals surface area contributed by atoms with Crippen molar-refractivity contribution in [2.75, 3.05) is 6.61 Å². The molecule has 0 saturated heterocycles. The number of nitrogens with zero attached hydrogens (tertiary/aromatic N) is 2. The third-order valence-corrected chi connectivity index (χ3v) is 9.38. The van der Waals surface area contributed by atoms with E-state index >= 15 is 0 Å². The van der Waals surface area contributed by atoms with Crippen LogP contribution < -0.4 is 0 Å². The van der Waals surface area contributed by atoms with Crippen LogP contribution in [0.5, 0.6) is 0 Å². The summed E-state index contributed by atoms with van der Waals surface area (Å²) in [4.78, 5) is 30.0. The van der Waals surface area contributed by atoms with Crippen LogP contribution in [-0.2, 0) is 20.9 Å². The number of hydrogen-bond donors (Lipinski definition) is 0. The van der Waals surface area contributed by atoms with E-state index in [1.807, 2.05) is 17.1 Å². The highest BCUT2D eigenvalue weighted by atomic mass is 16.5. The SMILES string of the molecule is C[C@]12CCC(OCCn3ccnc3)CC1C(=O)C[C@@H]1[C@H]2CC[C@]2(C)C(=O)CC[C@@H]12. The second-order valence-corrected chi connectivity index (χ2v) is 10.6. The molecule has 5 heteroatoms. The van der Waals surface area contributed by atoms with Gasteiger partial charge >= 0.3 is 0 Å². The minimum atomic E-state index is -0.154. The van der Waals surface area contributed by atoms with Gasteiger partial charge in [-0.15, -0.1) is 0 Å². The van der Waals surface area contributed by atoms with Gasteiger partial charge in [-0.1, -0.05) is 13.8 Å². The van der Waals surface area contributed by atoms with E-state index in [2.05, 4.69) is 18.8 Å². The lowest BCUT2D eigenvalue weighted by atomic mass is 9.45. The Morgan fingerprint density at radius 2 is 2.03 bits per heavy atom. The topological polar surface area (TPSA) is 61.2 Å². The molecule has 4 saturated carbocycles. The van der Waals surface area contributed by atoms with Crippen LogP contribution in [0.25, 0.3) is 0 Å². The van der Waals surface area contributed by atoms with Crippen molar-refractivity contribution in [2.24, 2.45) is 34.5 Å². The molecule has 1 heterocycles. The molecule has 158 valence electrons. The summed E-state index contributed by atoms with van der Waals surface area (Å²) >= 11 is 0. The maximum absolute atomic E-state index is 13.3. The Labute approximate surface area is 173 Å². The number of carbonyl (C=O) groups is 2. The average molecular weight is 399 g/mol. The summed E-state index contributed by atoms with van der Waals surface area (Å²) in [5.41, 5.74) is -0.0601. The summed E-state index contributed by atoms with van der Waals surface area (Å²) in [6.07, 6.45) is 13.3. The molecule has 2 unspecified atom stereocenters. The molecule has 0 aliphatic heterocycles. The molecule has 0 radical (unpaired) electrons. The van der Waals surface area contributed by atoms with E-state index in [0.717, 1.165) is 51.5 Å². The Hall–Kier alpha value is -1.49. The fourth-order valence-corrected chi connectivity index (χ4v) is 7.67. The van der Waals surface area contributed by atoms with E-state index < -0.39 is 0 Å². The van der Waals surface area contributed by atoms with Crippen molar-refractivity contribution in [3.63, 3.8) is 0 Å². The van der Waals surface area contributed by atoms with Crippen molar-refractivity contribution < 1.29 is 14.3 Å². The number of hydrogen-bond acceptors (Lipinski definition) is 4. The molecule has 1 aromatic heterocycles. The van der Waals surface area contributed by atoms with Crippen molar-refractivity contribution in [3.05, 3.63) is 18.7 Å². The highest BCUT2D eigenvalue weighted by molar-refractivity contribution is 5.88. The fourth-order valence-electron chi connectivity index (χ4n) is 7.67. The third kappa shape index (κ3) is 3.03. The Bertz CT molecular complexity index is 790. The number of carbonyl (C=O) groups excluding carboxylic acids is 2. The molecule has 7 atom stereocenters. The Kier molecular flexibility index (Phi) is 4.73. The molecule has 5 nitrogen and oxygen atoms in total. The van der Waals surface area contributed by atoms with Gasteiger partial charge in [-0.2, -0.15) is 0 Å². The van der Waals surface area contributed by atoms with E-state index in [1.165, 1.54) is 0 Å². The van der Waals surface area contributed by atoms with Crippen LogP contribution >= 0.6 is 0 Å². The van der Waals surface area contributed by atoms with Gasteiger partial charge in [0.15, 0.2) is 0 Å². The molecule has 5 rings (SSSR count). The second kappa shape index (κ2) is 7.04. The number of Topliss-reactive ketones (excluding diaryl/α,β-unsaturated/α-hetero) is 2. The van der Waals surface area contributed by atoms with Crippen molar-refractivity contribution in [3.8, 4) is 0 Å². The third-order valence-electron chi connectivity index (χ3n) is 9.38. The van der Waals surface area contributed by atoms with E-state index in [-0.39, 0.29) is 22.9 Å². The Morgan fingerprint density at radius 1 is 1.17 bits per heavy atom. The molecular formula is C24H34N2O3. The van der Waals surface area contributed by atoms with Crippen LogP contribution in [0.2, 0.25) is 0 Å². The zero-order valence-electron chi connectivity index (χ0n) is 17.8. The summed E-state index contributed by atoms with van der Waals surface area (Å²) in [5, 5.41) is 0. The zero-order chi connectivity index (χ0) is 20.2. The van der Waals surface area contributed by atoms with Crippen LogP contribution in [0.3, 0.4) is 0 Å². The summed E-state index contributed by atoms with van der Waals surface area (Å²) in [7, 11) is 0. The first-order valence-electron chi connectivity index (χ1n) is 11.6. The molecule has 1 aromatic rings. The quantitative estimate of drug-likeness (QED) is 0.767. The molecule has 4 aliphatic carbocycles. The molecule has 4 aliphatic rings. The van der Waals surface area contributed by atoms with Gasteiger partial charge < -0.3 is 9.30 Å². The van der Waals surface area contributed by atoms with Gasteiger partial charge in [0.05, 0.1) is 19.0 Å². The summed E-state index contributed by atoms with van der Waals surface area (Å²) < 4.78 is 8.22. The van der Waals surface area contributed by atoms with E-state index in [0.29, 0.717) is 42.3 Å². The summed E-state index contributed by atoms with van der Waals surface area (Å²) in [6, 6.07) is 0. The highest BCUT2D eigenvalue weighted by Crippen LogP contribution is 2.64. The maximum Gasteiger partial charge on any atom is 0.139 e. The first kappa shape index (κ1) is 19.5. The van der Waals surface area contributed by atoms with Crippen molar-refractivity contribution in [1.29, 1.82) is 0 Å². The zero-order valence-corrected chi connectivity index (χ0v) is 17.8. The van der Waals surface area contributed by atoms with Crippen LogP contribution in [-0.4, -0.2) is 33.8 Å². The largest absolute Gasteiger partial charge is 0.376 e. The molecule has 0 spiro atoms. The van der Waals surface area contributed by atoms with E-state index in [4.69, 9.17) is 4.74 Å². The van der Waals surface area contributed by atoms with Crippen LogP contribution in [0.4, 0.5) is 0 Å². The van der Waals surface area contributed by atoms with Crippen molar-refractivity contribution in [1.82, 2.24) is 9.55 Å². The normalized spacial score (nSPS) is 44.3. The summed E-state index contributed by atoms with van der Waals surface area (Å²) in [6.45, 7) is 6.05. The molecule has 0 bridgehead atoms. The highest BCUT2D eigenvalue weighted by Gasteiger charge is 2.62. The predicted molar refractivity (Wildman–Crippen MR) is 109 cm³/mol. The number of ketones is 2. The Morgan fingerprint density at radius 3 is 2.83 bits per heavy atom. The molecule has 0 aromatic carbocycles. The molecule has 0 N–H and O–H groups in total. The van der Waals surface area contributed by atoms with E-state index in [1.54, 1.807) is 6.20 Å². The fraction of sp³-hybridized carbons (Fsp3) is 0.792. The lowest BCUT2D eigenvalue weighted by Crippen LogP contribution is -2.57. The minimum absolute atomic E-state index is 0.0944. The van der Waals surface area contributed by atoms with Gasteiger partial charge in [0.25, 0.3) is 0 Å². The van der Waals surface area contributed by atoms with Gasteiger partial charge in [0, 0.05) is 43.1 Å². The van der Waals surface area contributed by atoms with Crippen LogP contribution in [0.15, 0.2) is 18.7 Å². The smallest absolute Gasteiger partial charge is 0.139 e. The standard InChI is InChI=1S/C24H34N2O3/c1-23-7-5-16(29-12-11-26-10-9-25-15-26)13-20(23)21(27)14-17-18-3-4-22(28)24(18,2)8-6-19(17)23/h9-10,15-20H,3-8,11-14H2,1-2H3/t16?,17-,18-,19+,20?,23+,24-/m0/s1. The van der Waals surface area contributed by atoms with Crippen molar-refractivity contribution in [2.45, 2.75) is 77.9 Å². The average Bonchev–Trinajstić information content (AvgIpc) is 3.31. The minimum Gasteiger partial charge on any atom is -0.376 e. The van der Waals surface area contributed by atoms with Gasteiger partial charge in [-0.05, 0) is 61.7 Å².